The first kappa shape index (κ1) is 70.3. The van der Waals surface area contributed by atoms with E-state index in [0.717, 1.165) is 116 Å². The second-order valence-electron chi connectivity index (χ2n) is 20.6. The van der Waals surface area contributed by atoms with E-state index >= 15 is 0 Å². The SMILES string of the molecule is CC/C=C\C/C=C\C/C=C\C/C=C\C/C=C\C/C=C\C/C=C\CCCCCC(=O)OCC(COC(=O)CCCCCCC/C=C\CCCCCC)OC(=O)CCCCCCCCCCCCCCCCCCCC. The van der Waals surface area contributed by atoms with Crippen LogP contribution in [0.4, 0.5) is 0 Å². The highest BCUT2D eigenvalue weighted by Crippen LogP contribution is 2.16. The van der Waals surface area contributed by atoms with Crippen LogP contribution in [-0.4, -0.2) is 37.2 Å². The highest BCUT2D eigenvalue weighted by molar-refractivity contribution is 5.71. The zero-order chi connectivity index (χ0) is 53.6. The van der Waals surface area contributed by atoms with Crippen molar-refractivity contribution < 1.29 is 28.6 Å². The van der Waals surface area contributed by atoms with E-state index in [-0.39, 0.29) is 31.1 Å². The van der Waals surface area contributed by atoms with Crippen LogP contribution in [-0.2, 0) is 28.6 Å². The van der Waals surface area contributed by atoms with Gasteiger partial charge in [0.25, 0.3) is 0 Å². The minimum absolute atomic E-state index is 0.0906. The van der Waals surface area contributed by atoms with Gasteiger partial charge >= 0.3 is 17.9 Å². The molecule has 0 aliphatic carbocycles. The van der Waals surface area contributed by atoms with Gasteiger partial charge in [0.05, 0.1) is 0 Å². The van der Waals surface area contributed by atoms with E-state index < -0.39 is 6.10 Å². The summed E-state index contributed by atoms with van der Waals surface area (Å²) in [5.74, 6) is -0.923. The Kier molecular flexibility index (Phi) is 58.8. The lowest BCUT2D eigenvalue weighted by Crippen LogP contribution is -2.30. The quantitative estimate of drug-likeness (QED) is 0.0261. The molecule has 0 aromatic carbocycles. The van der Waals surface area contributed by atoms with E-state index in [1.54, 1.807) is 0 Å². The lowest BCUT2D eigenvalue weighted by Gasteiger charge is -2.18. The molecule has 0 aromatic rings. The van der Waals surface area contributed by atoms with Crippen LogP contribution in [0.1, 0.15) is 297 Å². The molecule has 0 spiro atoms. The maximum absolute atomic E-state index is 12.9. The molecule has 1 unspecified atom stereocenters. The van der Waals surface area contributed by atoms with E-state index in [9.17, 15) is 14.4 Å². The molecule has 0 amide bonds. The number of ether oxygens (including phenoxy) is 3. The fraction of sp³-hybridized carbons (Fsp3) is 0.721. The van der Waals surface area contributed by atoms with Crippen molar-refractivity contribution in [1.29, 1.82) is 0 Å². The van der Waals surface area contributed by atoms with E-state index in [4.69, 9.17) is 14.2 Å². The third kappa shape index (κ3) is 59.2. The Bertz CT molecular complexity index is 1460. The van der Waals surface area contributed by atoms with Crippen LogP contribution >= 0.6 is 0 Å². The average Bonchev–Trinajstić information content (AvgIpc) is 3.40. The number of rotatable bonds is 56. The fourth-order valence-corrected chi connectivity index (χ4v) is 8.65. The first-order valence-corrected chi connectivity index (χ1v) is 31.2. The van der Waals surface area contributed by atoms with Crippen molar-refractivity contribution in [2.45, 2.75) is 303 Å². The molecule has 0 N–H and O–H groups in total. The second-order valence-corrected chi connectivity index (χ2v) is 20.6. The predicted octanol–water partition coefficient (Wildman–Crippen LogP) is 21.3. The van der Waals surface area contributed by atoms with Gasteiger partial charge in [-0.15, -0.1) is 0 Å². The first-order valence-electron chi connectivity index (χ1n) is 31.2. The fourth-order valence-electron chi connectivity index (χ4n) is 8.65. The Balaban J connectivity index is 4.41. The molecular weight excluding hydrogens is 913 g/mol. The van der Waals surface area contributed by atoms with Crippen molar-refractivity contribution >= 4 is 17.9 Å². The number of esters is 3. The summed E-state index contributed by atoms with van der Waals surface area (Å²) in [6.45, 7) is 6.50. The number of unbranched alkanes of at least 4 members (excludes halogenated alkanes) is 29. The predicted molar refractivity (Wildman–Crippen MR) is 320 cm³/mol. The average molecular weight is 1030 g/mol. The normalized spacial score (nSPS) is 12.7. The Hall–Kier alpha value is -3.67. The van der Waals surface area contributed by atoms with Crippen molar-refractivity contribution in [3.8, 4) is 0 Å². The van der Waals surface area contributed by atoms with Gasteiger partial charge in [-0.1, -0.05) is 272 Å². The monoisotopic (exact) mass is 1030 g/mol. The second kappa shape index (κ2) is 61.9. The summed E-state index contributed by atoms with van der Waals surface area (Å²) in [5.41, 5.74) is 0. The Labute approximate surface area is 457 Å². The maximum atomic E-state index is 12.9. The van der Waals surface area contributed by atoms with Crippen LogP contribution in [0.3, 0.4) is 0 Å². The van der Waals surface area contributed by atoms with Gasteiger partial charge < -0.3 is 14.2 Å². The summed E-state index contributed by atoms with van der Waals surface area (Å²) in [6, 6.07) is 0. The third-order valence-corrected chi connectivity index (χ3v) is 13.3. The molecule has 0 radical (unpaired) electrons. The molecule has 0 rings (SSSR count). The molecular formula is C68H116O6. The van der Waals surface area contributed by atoms with E-state index in [1.165, 1.54) is 141 Å². The first-order chi connectivity index (χ1) is 36.5. The van der Waals surface area contributed by atoms with Gasteiger partial charge in [0.2, 0.25) is 0 Å². The summed E-state index contributed by atoms with van der Waals surface area (Å²) in [5, 5.41) is 0. The standard InChI is InChI=1S/C68H116O6/c1-4-7-10-13-16-19-22-25-27-29-31-32-33-34-35-36-37-39-40-43-46-49-52-55-58-61-67(70)73-64-65(63-72-66(69)60-57-54-51-48-45-42-24-21-18-15-12-9-6-3)74-68(71)62-59-56-53-50-47-44-41-38-30-28-26-23-20-17-14-11-8-5-2/h7,10,16,19,21,24-25,27,31-32,34-35,37,39,43,46,65H,4-6,8-9,11-15,17-18,20,22-23,26,28-30,33,36,38,40-42,44-45,47-64H2,1-3H3/b10-7-,19-16-,24-21-,27-25-,32-31-,35-34-,39-37-,46-43-. The van der Waals surface area contributed by atoms with Gasteiger partial charge in [-0.25, -0.2) is 0 Å². The summed E-state index contributed by atoms with van der Waals surface area (Å²) in [7, 11) is 0. The van der Waals surface area contributed by atoms with E-state index in [2.05, 4.69) is 118 Å². The van der Waals surface area contributed by atoms with Gasteiger partial charge in [0, 0.05) is 19.3 Å². The molecule has 0 fully saturated rings. The summed E-state index contributed by atoms with van der Waals surface area (Å²) in [4.78, 5) is 38.2. The summed E-state index contributed by atoms with van der Waals surface area (Å²) in [6.07, 6.45) is 82.6. The van der Waals surface area contributed by atoms with Crippen LogP contribution in [0, 0.1) is 0 Å². The number of hydrogen-bond acceptors (Lipinski definition) is 6. The van der Waals surface area contributed by atoms with Gasteiger partial charge in [0.15, 0.2) is 6.10 Å². The highest BCUT2D eigenvalue weighted by Gasteiger charge is 2.19. The Morgan fingerprint density at radius 1 is 0.284 bits per heavy atom. The molecule has 0 saturated heterocycles. The van der Waals surface area contributed by atoms with Crippen LogP contribution in [0.25, 0.3) is 0 Å². The van der Waals surface area contributed by atoms with E-state index in [0.29, 0.717) is 19.3 Å². The van der Waals surface area contributed by atoms with Crippen molar-refractivity contribution in [2.75, 3.05) is 13.2 Å². The lowest BCUT2D eigenvalue weighted by atomic mass is 10.0. The lowest BCUT2D eigenvalue weighted by molar-refractivity contribution is -0.167. The largest absolute Gasteiger partial charge is 0.462 e. The molecule has 0 bridgehead atoms. The third-order valence-electron chi connectivity index (χ3n) is 13.3. The smallest absolute Gasteiger partial charge is 0.306 e. The van der Waals surface area contributed by atoms with Crippen LogP contribution in [0.5, 0.6) is 0 Å². The van der Waals surface area contributed by atoms with Crippen LogP contribution < -0.4 is 0 Å². The van der Waals surface area contributed by atoms with Gasteiger partial charge in [-0.3, -0.25) is 14.4 Å². The van der Waals surface area contributed by atoms with Crippen molar-refractivity contribution in [3.63, 3.8) is 0 Å². The molecule has 0 aliphatic rings. The van der Waals surface area contributed by atoms with Gasteiger partial charge in [-0.2, -0.15) is 0 Å². The number of carbonyl (C=O) groups excluding carboxylic acids is 3. The number of hydrogen-bond donors (Lipinski definition) is 0. The van der Waals surface area contributed by atoms with Crippen LogP contribution in [0.2, 0.25) is 0 Å². The van der Waals surface area contributed by atoms with Crippen molar-refractivity contribution in [1.82, 2.24) is 0 Å². The molecule has 6 heteroatoms. The van der Waals surface area contributed by atoms with E-state index in [1.807, 2.05) is 0 Å². The van der Waals surface area contributed by atoms with Crippen molar-refractivity contribution in [3.05, 3.63) is 97.2 Å². The molecule has 6 nitrogen and oxygen atoms in total. The number of carbonyl (C=O) groups is 3. The zero-order valence-corrected chi connectivity index (χ0v) is 48.6. The van der Waals surface area contributed by atoms with Gasteiger partial charge in [0.1, 0.15) is 13.2 Å². The summed E-state index contributed by atoms with van der Waals surface area (Å²) < 4.78 is 16.9. The molecule has 0 saturated carbocycles. The maximum Gasteiger partial charge on any atom is 0.306 e. The minimum Gasteiger partial charge on any atom is -0.462 e. The van der Waals surface area contributed by atoms with Crippen molar-refractivity contribution in [2.24, 2.45) is 0 Å². The number of allylic oxidation sites excluding steroid dienone is 16. The molecule has 424 valence electrons. The topological polar surface area (TPSA) is 78.9 Å². The molecule has 0 heterocycles. The molecule has 0 aliphatic heterocycles. The summed E-state index contributed by atoms with van der Waals surface area (Å²) >= 11 is 0. The van der Waals surface area contributed by atoms with Gasteiger partial charge in [-0.05, 0) is 103 Å². The Morgan fingerprint density at radius 3 is 0.865 bits per heavy atom. The van der Waals surface area contributed by atoms with Crippen LogP contribution in [0.15, 0.2) is 97.2 Å². The molecule has 0 aromatic heterocycles. The molecule has 74 heavy (non-hydrogen) atoms. The minimum atomic E-state index is -0.794. The Morgan fingerprint density at radius 2 is 0.527 bits per heavy atom. The zero-order valence-electron chi connectivity index (χ0n) is 48.6. The molecule has 1 atom stereocenters. The highest BCUT2D eigenvalue weighted by atomic mass is 16.6.